The first-order valence-electron chi connectivity index (χ1n) is 8.20. The standard InChI is InChI=1S/C20H13F6NO2/c21-19(22,23)18(29,20(24,25)26)15-7-9-16(10-8-15)27-17(28)14-6-5-12-3-1-2-4-13(12)11-14/h1-11,29H,(H,27,28). The lowest BCUT2D eigenvalue weighted by Crippen LogP contribution is -2.53. The number of hydrogen-bond acceptors (Lipinski definition) is 2. The fourth-order valence-corrected chi connectivity index (χ4v) is 2.82. The summed E-state index contributed by atoms with van der Waals surface area (Å²) >= 11 is 0. The SMILES string of the molecule is O=C(Nc1ccc(C(O)(C(F)(F)F)C(F)(F)F)cc1)c1ccc2ccccc2c1. The minimum absolute atomic E-state index is 0.0291. The van der Waals surface area contributed by atoms with Gasteiger partial charge in [-0.3, -0.25) is 4.79 Å². The van der Waals surface area contributed by atoms with Crippen molar-refractivity contribution in [1.29, 1.82) is 0 Å². The number of benzene rings is 3. The Morgan fingerprint density at radius 2 is 1.31 bits per heavy atom. The molecule has 0 radical (unpaired) electrons. The number of hydrogen-bond donors (Lipinski definition) is 2. The van der Waals surface area contributed by atoms with Crippen LogP contribution >= 0.6 is 0 Å². The third-order valence-corrected chi connectivity index (χ3v) is 4.39. The number of alkyl halides is 6. The van der Waals surface area contributed by atoms with Crippen LogP contribution in [0.1, 0.15) is 15.9 Å². The molecule has 0 aliphatic carbocycles. The molecule has 0 bridgehead atoms. The van der Waals surface area contributed by atoms with Gasteiger partial charge in [0.15, 0.2) is 0 Å². The first-order valence-corrected chi connectivity index (χ1v) is 8.20. The fraction of sp³-hybridized carbons (Fsp3) is 0.150. The number of aliphatic hydroxyl groups is 1. The zero-order valence-corrected chi connectivity index (χ0v) is 14.5. The molecule has 2 N–H and O–H groups in total. The maximum absolute atomic E-state index is 12.9. The molecule has 0 spiro atoms. The van der Waals surface area contributed by atoms with Gasteiger partial charge in [0.05, 0.1) is 0 Å². The molecule has 1 amide bonds. The fourth-order valence-electron chi connectivity index (χ4n) is 2.82. The average Bonchev–Trinajstić information content (AvgIpc) is 2.65. The van der Waals surface area contributed by atoms with Gasteiger partial charge < -0.3 is 10.4 Å². The van der Waals surface area contributed by atoms with Crippen LogP contribution in [0.4, 0.5) is 32.0 Å². The van der Waals surface area contributed by atoms with Crippen LogP contribution in [0.25, 0.3) is 10.8 Å². The second-order valence-corrected chi connectivity index (χ2v) is 6.30. The molecule has 0 heterocycles. The summed E-state index contributed by atoms with van der Waals surface area (Å²) in [7, 11) is 0. The van der Waals surface area contributed by atoms with E-state index in [1.165, 1.54) is 6.07 Å². The normalized spacial score (nSPS) is 12.8. The van der Waals surface area contributed by atoms with E-state index in [0.717, 1.165) is 22.9 Å². The van der Waals surface area contributed by atoms with Crippen LogP contribution in [0, 0.1) is 0 Å². The molecule has 0 fully saturated rings. The van der Waals surface area contributed by atoms with Crippen LogP contribution < -0.4 is 5.32 Å². The molecule has 29 heavy (non-hydrogen) atoms. The van der Waals surface area contributed by atoms with Crippen molar-refractivity contribution in [3.05, 3.63) is 77.9 Å². The van der Waals surface area contributed by atoms with Crippen molar-refractivity contribution in [2.75, 3.05) is 5.32 Å². The van der Waals surface area contributed by atoms with Crippen molar-refractivity contribution >= 4 is 22.4 Å². The lowest BCUT2D eigenvalue weighted by atomic mass is 9.92. The molecule has 152 valence electrons. The second-order valence-electron chi connectivity index (χ2n) is 6.30. The van der Waals surface area contributed by atoms with Crippen LogP contribution in [0.5, 0.6) is 0 Å². The van der Waals surface area contributed by atoms with E-state index >= 15 is 0 Å². The van der Waals surface area contributed by atoms with Gasteiger partial charge in [0.25, 0.3) is 11.5 Å². The summed E-state index contributed by atoms with van der Waals surface area (Å²) in [6.07, 6.45) is -11.9. The predicted octanol–water partition coefficient (Wildman–Crippen LogP) is 5.40. The van der Waals surface area contributed by atoms with Gasteiger partial charge in [0.2, 0.25) is 0 Å². The lowest BCUT2D eigenvalue weighted by molar-refractivity contribution is -0.376. The maximum atomic E-state index is 12.9. The Morgan fingerprint density at radius 3 is 1.86 bits per heavy atom. The average molecular weight is 413 g/mol. The highest BCUT2D eigenvalue weighted by atomic mass is 19.4. The molecule has 0 atom stereocenters. The molecule has 0 saturated heterocycles. The number of rotatable bonds is 3. The molecule has 3 aromatic carbocycles. The summed E-state index contributed by atoms with van der Waals surface area (Å²) in [5.41, 5.74) is -6.18. The summed E-state index contributed by atoms with van der Waals surface area (Å²) in [6, 6.07) is 14.7. The Kier molecular flexibility index (Phi) is 5.04. The molecule has 3 rings (SSSR count). The molecule has 0 unspecified atom stereocenters. The van der Waals surface area contributed by atoms with E-state index < -0.39 is 29.4 Å². The minimum atomic E-state index is -5.97. The highest BCUT2D eigenvalue weighted by Gasteiger charge is 2.71. The highest BCUT2D eigenvalue weighted by Crippen LogP contribution is 2.50. The van der Waals surface area contributed by atoms with Crippen molar-refractivity contribution in [2.45, 2.75) is 18.0 Å². The topological polar surface area (TPSA) is 49.3 Å². The van der Waals surface area contributed by atoms with Crippen molar-refractivity contribution < 1.29 is 36.2 Å². The summed E-state index contributed by atoms with van der Waals surface area (Å²) in [5, 5.41) is 13.4. The van der Waals surface area contributed by atoms with Crippen LogP contribution in [0.15, 0.2) is 66.7 Å². The zero-order valence-electron chi connectivity index (χ0n) is 14.5. The summed E-state index contributed by atoms with van der Waals surface area (Å²) in [5.74, 6) is -0.592. The number of carbonyl (C=O) groups excluding carboxylic acids is 1. The summed E-state index contributed by atoms with van der Waals surface area (Å²) < 4.78 is 77.4. The van der Waals surface area contributed by atoms with E-state index in [1.807, 2.05) is 12.1 Å². The van der Waals surface area contributed by atoms with Gasteiger partial charge in [-0.2, -0.15) is 26.3 Å². The Labute approximate surface area is 160 Å². The highest BCUT2D eigenvalue weighted by molar-refractivity contribution is 6.06. The van der Waals surface area contributed by atoms with Crippen molar-refractivity contribution in [2.24, 2.45) is 0 Å². The monoisotopic (exact) mass is 413 g/mol. The van der Waals surface area contributed by atoms with Gasteiger partial charge in [-0.1, -0.05) is 42.5 Å². The Balaban J connectivity index is 1.85. The van der Waals surface area contributed by atoms with Gasteiger partial charge in [-0.05, 0) is 35.0 Å². The quantitative estimate of drug-likeness (QED) is 0.565. The zero-order chi connectivity index (χ0) is 21.4. The van der Waals surface area contributed by atoms with Gasteiger partial charge in [-0.25, -0.2) is 0 Å². The Morgan fingerprint density at radius 1 is 0.759 bits per heavy atom. The lowest BCUT2D eigenvalue weighted by Gasteiger charge is -2.32. The molecule has 3 aromatic rings. The van der Waals surface area contributed by atoms with Crippen molar-refractivity contribution in [3.8, 4) is 0 Å². The van der Waals surface area contributed by atoms with Gasteiger partial charge in [-0.15, -0.1) is 0 Å². The molecule has 9 heteroatoms. The van der Waals surface area contributed by atoms with Crippen LogP contribution in [-0.4, -0.2) is 23.4 Å². The first kappa shape index (κ1) is 20.7. The number of nitrogens with one attached hydrogen (secondary N) is 1. The molecule has 0 aliphatic heterocycles. The van der Waals surface area contributed by atoms with Gasteiger partial charge in [0, 0.05) is 16.8 Å². The van der Waals surface area contributed by atoms with Gasteiger partial charge >= 0.3 is 12.4 Å². The van der Waals surface area contributed by atoms with E-state index in [4.69, 9.17) is 0 Å². The third-order valence-electron chi connectivity index (χ3n) is 4.39. The van der Waals surface area contributed by atoms with Crippen LogP contribution in [0.3, 0.4) is 0 Å². The number of carbonyl (C=O) groups is 1. The van der Waals surface area contributed by atoms with Gasteiger partial charge in [0.1, 0.15) is 0 Å². The molecular weight excluding hydrogens is 400 g/mol. The molecule has 3 nitrogen and oxygen atoms in total. The molecule has 0 aliphatic rings. The van der Waals surface area contributed by atoms with E-state index in [0.29, 0.717) is 12.1 Å². The maximum Gasteiger partial charge on any atom is 0.430 e. The van der Waals surface area contributed by atoms with Crippen molar-refractivity contribution in [3.63, 3.8) is 0 Å². The van der Waals surface area contributed by atoms with E-state index in [1.54, 1.807) is 24.3 Å². The summed E-state index contributed by atoms with van der Waals surface area (Å²) in [6.45, 7) is 0. The molecular formula is C20H13F6NO2. The van der Waals surface area contributed by atoms with Crippen LogP contribution in [0.2, 0.25) is 0 Å². The second kappa shape index (κ2) is 7.07. The minimum Gasteiger partial charge on any atom is -0.369 e. The number of amides is 1. The smallest absolute Gasteiger partial charge is 0.369 e. The Hall–Kier alpha value is -3.07. The number of halogens is 6. The summed E-state index contributed by atoms with van der Waals surface area (Å²) in [4.78, 5) is 12.3. The predicted molar refractivity (Wildman–Crippen MR) is 94.4 cm³/mol. The number of anilines is 1. The van der Waals surface area contributed by atoms with E-state index in [2.05, 4.69) is 5.32 Å². The largest absolute Gasteiger partial charge is 0.430 e. The van der Waals surface area contributed by atoms with Crippen LogP contribution in [-0.2, 0) is 5.60 Å². The van der Waals surface area contributed by atoms with E-state index in [-0.39, 0.29) is 11.3 Å². The van der Waals surface area contributed by atoms with E-state index in [9.17, 15) is 36.2 Å². The number of fused-ring (bicyclic) bond motifs is 1. The Bertz CT molecular complexity index is 1030. The molecule has 0 saturated carbocycles. The molecule has 0 aromatic heterocycles. The third kappa shape index (κ3) is 3.77. The first-order chi connectivity index (χ1) is 13.4. The van der Waals surface area contributed by atoms with Crippen molar-refractivity contribution in [1.82, 2.24) is 0 Å².